The Hall–Kier alpha value is -1.65. The van der Waals surface area contributed by atoms with Crippen molar-refractivity contribution in [1.82, 2.24) is 19.8 Å². The number of hydrogen-bond acceptors (Lipinski definition) is 3. The van der Waals surface area contributed by atoms with Crippen LogP contribution in [0.2, 0.25) is 0 Å². The van der Waals surface area contributed by atoms with Crippen molar-refractivity contribution in [2.75, 3.05) is 0 Å². The fourth-order valence-corrected chi connectivity index (χ4v) is 1.88. The molecule has 0 aliphatic heterocycles. The topological polar surface area (TPSA) is 63.1 Å². The van der Waals surface area contributed by atoms with Crippen molar-refractivity contribution < 1.29 is 0 Å². The van der Waals surface area contributed by atoms with E-state index < -0.39 is 0 Å². The van der Waals surface area contributed by atoms with Gasteiger partial charge in [-0.05, 0) is 11.8 Å². The molecule has 5 heteroatoms. The normalized spacial score (nSPS) is 11.9. The van der Waals surface area contributed by atoms with Gasteiger partial charge in [0.05, 0.1) is 11.9 Å². The Morgan fingerprint density at radius 1 is 1.25 bits per heavy atom. The van der Waals surface area contributed by atoms with Crippen LogP contribution in [0, 0.1) is 0 Å². The Kier molecular flexibility index (Phi) is 2.53. The van der Waals surface area contributed by atoms with E-state index in [4.69, 9.17) is 0 Å². The first-order chi connectivity index (χ1) is 7.52. The molecule has 1 N–H and O–H groups in total. The largest absolute Gasteiger partial charge is 0.277 e. The van der Waals surface area contributed by atoms with Gasteiger partial charge in [-0.1, -0.05) is 27.7 Å². The number of fused-ring (bicyclic) bond motifs is 1. The fraction of sp³-hybridized carbons (Fsp3) is 0.545. The van der Waals surface area contributed by atoms with Gasteiger partial charge in [0.2, 0.25) is 0 Å². The summed E-state index contributed by atoms with van der Waals surface area (Å²) in [6.45, 7) is 8.11. The molecule has 0 fully saturated rings. The van der Waals surface area contributed by atoms with Crippen molar-refractivity contribution in [3.05, 3.63) is 27.8 Å². The van der Waals surface area contributed by atoms with E-state index in [9.17, 15) is 4.79 Å². The van der Waals surface area contributed by atoms with Gasteiger partial charge < -0.3 is 0 Å². The van der Waals surface area contributed by atoms with E-state index in [1.54, 1.807) is 6.20 Å². The molecule has 0 amide bonds. The lowest BCUT2D eigenvalue weighted by atomic mass is 9.97. The quantitative estimate of drug-likeness (QED) is 0.837. The summed E-state index contributed by atoms with van der Waals surface area (Å²) < 4.78 is 1.39. The molecule has 0 bridgehead atoms. The SMILES string of the molecule is CC(C)c1nc2cn[nH]n2c(=O)c1C(C)C. The number of aromatic amines is 1. The van der Waals surface area contributed by atoms with Crippen LogP contribution in [-0.4, -0.2) is 19.8 Å². The van der Waals surface area contributed by atoms with Gasteiger partial charge in [0.1, 0.15) is 0 Å². The Bertz CT molecular complexity index is 565. The first-order valence-electron chi connectivity index (χ1n) is 5.48. The summed E-state index contributed by atoms with van der Waals surface area (Å²) in [5.74, 6) is 0.405. The van der Waals surface area contributed by atoms with Crippen LogP contribution in [0.4, 0.5) is 0 Å². The molecule has 0 unspecified atom stereocenters. The van der Waals surface area contributed by atoms with E-state index in [1.807, 2.05) is 27.7 Å². The number of rotatable bonds is 2. The van der Waals surface area contributed by atoms with Crippen molar-refractivity contribution in [3.8, 4) is 0 Å². The highest BCUT2D eigenvalue weighted by molar-refractivity contribution is 5.38. The summed E-state index contributed by atoms with van der Waals surface area (Å²) in [6, 6.07) is 0. The fourth-order valence-electron chi connectivity index (χ4n) is 1.88. The highest BCUT2D eigenvalue weighted by Crippen LogP contribution is 2.21. The number of nitrogens with one attached hydrogen (secondary N) is 1. The molecule has 0 saturated heterocycles. The molecule has 2 rings (SSSR count). The highest BCUT2D eigenvalue weighted by Gasteiger charge is 2.18. The van der Waals surface area contributed by atoms with Crippen LogP contribution in [-0.2, 0) is 0 Å². The predicted molar refractivity (Wildman–Crippen MR) is 61.8 cm³/mol. The summed E-state index contributed by atoms with van der Waals surface area (Å²) in [7, 11) is 0. The van der Waals surface area contributed by atoms with Crippen LogP contribution in [0.25, 0.3) is 5.65 Å². The number of aromatic nitrogens is 4. The second-order valence-corrected chi connectivity index (χ2v) is 4.58. The summed E-state index contributed by atoms with van der Waals surface area (Å²) in [5.41, 5.74) is 2.19. The van der Waals surface area contributed by atoms with Crippen molar-refractivity contribution in [2.24, 2.45) is 0 Å². The Labute approximate surface area is 93.5 Å². The second-order valence-electron chi connectivity index (χ2n) is 4.58. The maximum absolute atomic E-state index is 12.2. The van der Waals surface area contributed by atoms with Gasteiger partial charge in [0, 0.05) is 5.56 Å². The number of H-pyrrole nitrogens is 1. The first-order valence-corrected chi connectivity index (χ1v) is 5.48. The Morgan fingerprint density at radius 3 is 2.50 bits per heavy atom. The van der Waals surface area contributed by atoms with Crippen molar-refractivity contribution in [1.29, 1.82) is 0 Å². The maximum Gasteiger partial charge on any atom is 0.277 e. The Morgan fingerprint density at radius 2 is 1.94 bits per heavy atom. The van der Waals surface area contributed by atoms with E-state index in [1.165, 1.54) is 4.52 Å². The van der Waals surface area contributed by atoms with E-state index >= 15 is 0 Å². The minimum Gasteiger partial charge on any atom is -0.267 e. The van der Waals surface area contributed by atoms with Gasteiger partial charge in [0.25, 0.3) is 5.56 Å². The summed E-state index contributed by atoms with van der Waals surface area (Å²) in [5, 5.41) is 6.48. The van der Waals surface area contributed by atoms with Gasteiger partial charge in [-0.15, -0.1) is 0 Å². The molecule has 0 aromatic carbocycles. The Balaban J connectivity index is 2.86. The zero-order valence-electron chi connectivity index (χ0n) is 9.98. The summed E-state index contributed by atoms with van der Waals surface area (Å²) in [4.78, 5) is 16.7. The number of hydrogen-bond donors (Lipinski definition) is 1. The highest BCUT2D eigenvalue weighted by atomic mass is 16.1. The lowest BCUT2D eigenvalue weighted by Crippen LogP contribution is -2.24. The van der Waals surface area contributed by atoms with Crippen LogP contribution in [0.3, 0.4) is 0 Å². The molecular weight excluding hydrogens is 204 g/mol. The third-order valence-corrected chi connectivity index (χ3v) is 2.64. The van der Waals surface area contributed by atoms with Crippen molar-refractivity contribution >= 4 is 5.65 Å². The van der Waals surface area contributed by atoms with Gasteiger partial charge in [0.15, 0.2) is 5.65 Å². The zero-order valence-corrected chi connectivity index (χ0v) is 9.98. The maximum atomic E-state index is 12.2. The minimum atomic E-state index is -0.0406. The molecule has 5 nitrogen and oxygen atoms in total. The summed E-state index contributed by atoms with van der Waals surface area (Å²) >= 11 is 0. The van der Waals surface area contributed by atoms with Gasteiger partial charge in [-0.25, -0.2) is 10.2 Å². The van der Waals surface area contributed by atoms with Crippen molar-refractivity contribution in [3.63, 3.8) is 0 Å². The average Bonchev–Trinajstić information content (AvgIpc) is 2.64. The third-order valence-electron chi connectivity index (χ3n) is 2.64. The number of nitrogens with zero attached hydrogens (tertiary/aromatic N) is 3. The molecule has 86 valence electrons. The van der Waals surface area contributed by atoms with E-state index in [0.29, 0.717) is 5.65 Å². The van der Waals surface area contributed by atoms with Crippen LogP contribution in [0.15, 0.2) is 11.0 Å². The molecular formula is C11H16N4O. The molecule has 0 aliphatic carbocycles. The van der Waals surface area contributed by atoms with Crippen LogP contribution >= 0.6 is 0 Å². The summed E-state index contributed by atoms with van der Waals surface area (Å²) in [6.07, 6.45) is 1.57. The molecule has 16 heavy (non-hydrogen) atoms. The second kappa shape index (κ2) is 3.73. The smallest absolute Gasteiger partial charge is 0.267 e. The first kappa shape index (κ1) is 10.9. The molecule has 0 atom stereocenters. The molecule has 2 aromatic rings. The molecule has 2 aromatic heterocycles. The van der Waals surface area contributed by atoms with Crippen LogP contribution < -0.4 is 5.56 Å². The molecule has 0 saturated carbocycles. The third kappa shape index (κ3) is 1.52. The van der Waals surface area contributed by atoms with Crippen LogP contribution in [0.1, 0.15) is 50.8 Å². The van der Waals surface area contributed by atoms with Crippen LogP contribution in [0.5, 0.6) is 0 Å². The monoisotopic (exact) mass is 220 g/mol. The van der Waals surface area contributed by atoms with E-state index in [-0.39, 0.29) is 17.4 Å². The van der Waals surface area contributed by atoms with E-state index in [0.717, 1.165) is 11.3 Å². The molecule has 0 spiro atoms. The zero-order chi connectivity index (χ0) is 11.9. The van der Waals surface area contributed by atoms with Gasteiger partial charge in [-0.3, -0.25) is 4.79 Å². The molecule has 0 radical (unpaired) electrons. The van der Waals surface area contributed by atoms with Gasteiger partial charge in [-0.2, -0.15) is 9.61 Å². The lowest BCUT2D eigenvalue weighted by Gasteiger charge is -2.13. The van der Waals surface area contributed by atoms with Crippen molar-refractivity contribution in [2.45, 2.75) is 39.5 Å². The molecule has 2 heterocycles. The standard InChI is InChI=1S/C11H16N4O/c1-6(2)9-10(7(3)4)13-8-5-12-14-15(8)11(9)16/h5-7,14H,1-4H3. The van der Waals surface area contributed by atoms with Gasteiger partial charge >= 0.3 is 0 Å². The lowest BCUT2D eigenvalue weighted by molar-refractivity contribution is 0.712. The van der Waals surface area contributed by atoms with E-state index in [2.05, 4.69) is 15.3 Å². The predicted octanol–water partition coefficient (Wildman–Crippen LogP) is 1.66. The molecule has 0 aliphatic rings. The minimum absolute atomic E-state index is 0.0406. The average molecular weight is 220 g/mol.